The van der Waals surface area contributed by atoms with Crippen LogP contribution in [0.25, 0.3) is 0 Å². The predicted octanol–water partition coefficient (Wildman–Crippen LogP) is 0.504. The Balaban J connectivity index is 3.67. The quantitative estimate of drug-likeness (QED) is 0.226. The average molecular weight is 331 g/mol. The van der Waals surface area contributed by atoms with Crippen LogP contribution in [-0.2, 0) is 0 Å². The van der Waals surface area contributed by atoms with Crippen LogP contribution in [-0.4, -0.2) is 37.3 Å². The van der Waals surface area contributed by atoms with Crippen LogP contribution < -0.4 is 34.4 Å². The molecule has 140 valence electrons. The second kappa shape index (κ2) is 15.3. The molecule has 0 aromatic carbocycles. The minimum absolute atomic E-state index is 0.134. The summed E-state index contributed by atoms with van der Waals surface area (Å²) in [5.41, 5.74) is 35.6. The summed E-state index contributed by atoms with van der Waals surface area (Å²) in [6.45, 7) is 1.50. The molecule has 0 fully saturated rings. The standard InChI is InChI=1S/C17H42N6/c18-10-4-1-2-6-14(20)12-16(22)8-9-17(23)13-15(21)7-3-5-11-19/h14-17H,1-13,18-23H2. The summed E-state index contributed by atoms with van der Waals surface area (Å²) in [5.74, 6) is 0. The van der Waals surface area contributed by atoms with Gasteiger partial charge in [-0.3, -0.25) is 0 Å². The Hall–Kier alpha value is -0.240. The fraction of sp³-hybridized carbons (Fsp3) is 1.00. The molecule has 0 rings (SSSR count). The van der Waals surface area contributed by atoms with Crippen molar-refractivity contribution in [3.63, 3.8) is 0 Å². The van der Waals surface area contributed by atoms with E-state index >= 15 is 0 Å². The Kier molecular flexibility index (Phi) is 15.1. The highest BCUT2D eigenvalue weighted by atomic mass is 14.7. The smallest absolute Gasteiger partial charge is 0.00541 e. The highest BCUT2D eigenvalue weighted by Crippen LogP contribution is 2.12. The molecule has 0 aliphatic heterocycles. The van der Waals surface area contributed by atoms with Gasteiger partial charge in [-0.25, -0.2) is 0 Å². The van der Waals surface area contributed by atoms with Gasteiger partial charge < -0.3 is 34.4 Å². The zero-order valence-electron chi connectivity index (χ0n) is 15.0. The van der Waals surface area contributed by atoms with Crippen molar-refractivity contribution in [1.29, 1.82) is 0 Å². The van der Waals surface area contributed by atoms with Gasteiger partial charge in [0, 0.05) is 24.2 Å². The molecule has 23 heavy (non-hydrogen) atoms. The van der Waals surface area contributed by atoms with Gasteiger partial charge in [0.05, 0.1) is 0 Å². The molecule has 0 saturated carbocycles. The Morgan fingerprint density at radius 2 is 0.783 bits per heavy atom. The molecule has 0 aliphatic rings. The molecule has 6 heteroatoms. The van der Waals surface area contributed by atoms with Crippen LogP contribution in [0.2, 0.25) is 0 Å². The van der Waals surface area contributed by atoms with Crippen molar-refractivity contribution >= 4 is 0 Å². The van der Waals surface area contributed by atoms with E-state index in [2.05, 4.69) is 0 Å². The summed E-state index contributed by atoms with van der Waals surface area (Å²) in [6.07, 6.45) is 11.1. The van der Waals surface area contributed by atoms with Crippen LogP contribution in [0.1, 0.15) is 70.6 Å². The van der Waals surface area contributed by atoms with E-state index in [9.17, 15) is 0 Å². The van der Waals surface area contributed by atoms with E-state index in [1.54, 1.807) is 0 Å². The Labute approximate surface area is 143 Å². The van der Waals surface area contributed by atoms with Gasteiger partial charge in [-0.05, 0) is 64.5 Å². The first-order valence-electron chi connectivity index (χ1n) is 9.42. The second-order valence-corrected chi connectivity index (χ2v) is 7.01. The molecule has 0 amide bonds. The van der Waals surface area contributed by atoms with Crippen molar-refractivity contribution in [1.82, 2.24) is 0 Å². The lowest BCUT2D eigenvalue weighted by atomic mass is 9.95. The number of hydrogen-bond donors (Lipinski definition) is 6. The molecule has 4 atom stereocenters. The Bertz CT molecular complexity index is 251. The van der Waals surface area contributed by atoms with Crippen molar-refractivity contribution in [2.75, 3.05) is 13.1 Å². The van der Waals surface area contributed by atoms with Crippen molar-refractivity contribution in [3.05, 3.63) is 0 Å². The maximum atomic E-state index is 6.18. The van der Waals surface area contributed by atoms with Gasteiger partial charge in [-0.1, -0.05) is 19.3 Å². The van der Waals surface area contributed by atoms with Crippen LogP contribution >= 0.6 is 0 Å². The first-order chi connectivity index (χ1) is 11.0. The molecular formula is C17H42N6. The van der Waals surface area contributed by atoms with Crippen molar-refractivity contribution in [3.8, 4) is 0 Å². The van der Waals surface area contributed by atoms with Crippen LogP contribution in [0.3, 0.4) is 0 Å². The van der Waals surface area contributed by atoms with Crippen molar-refractivity contribution in [2.24, 2.45) is 34.4 Å². The summed E-state index contributed by atoms with van der Waals surface area (Å²) in [4.78, 5) is 0. The van der Waals surface area contributed by atoms with Gasteiger partial charge in [-0.2, -0.15) is 0 Å². The Morgan fingerprint density at radius 1 is 0.435 bits per heavy atom. The van der Waals surface area contributed by atoms with Crippen molar-refractivity contribution in [2.45, 2.75) is 94.8 Å². The molecule has 0 spiro atoms. The molecule has 0 saturated heterocycles. The molecule has 12 N–H and O–H groups in total. The van der Waals surface area contributed by atoms with E-state index < -0.39 is 0 Å². The molecule has 0 bridgehead atoms. The van der Waals surface area contributed by atoms with E-state index in [-0.39, 0.29) is 24.2 Å². The number of nitrogens with two attached hydrogens (primary N) is 6. The molecule has 0 aromatic rings. The van der Waals surface area contributed by atoms with Gasteiger partial charge in [0.1, 0.15) is 0 Å². The average Bonchev–Trinajstić information content (AvgIpc) is 2.50. The second-order valence-electron chi connectivity index (χ2n) is 7.01. The largest absolute Gasteiger partial charge is 0.330 e. The van der Waals surface area contributed by atoms with E-state index in [1.165, 1.54) is 0 Å². The lowest BCUT2D eigenvalue weighted by molar-refractivity contribution is 0.410. The topological polar surface area (TPSA) is 156 Å². The van der Waals surface area contributed by atoms with E-state index in [4.69, 9.17) is 34.4 Å². The van der Waals surface area contributed by atoms with E-state index in [0.29, 0.717) is 0 Å². The van der Waals surface area contributed by atoms with Crippen molar-refractivity contribution < 1.29 is 0 Å². The minimum Gasteiger partial charge on any atom is -0.330 e. The maximum Gasteiger partial charge on any atom is 0.00541 e. The number of unbranched alkanes of at least 4 members (excludes halogenated alkanes) is 3. The fourth-order valence-electron chi connectivity index (χ4n) is 2.96. The predicted molar refractivity (Wildman–Crippen MR) is 101 cm³/mol. The minimum atomic E-state index is 0.134. The van der Waals surface area contributed by atoms with E-state index in [0.717, 1.165) is 83.7 Å². The van der Waals surface area contributed by atoms with Crippen LogP contribution in [0.5, 0.6) is 0 Å². The SMILES string of the molecule is NCCCCCC(N)CC(N)CCC(N)CC(N)CCCCN. The third-order valence-corrected chi connectivity index (χ3v) is 4.43. The maximum absolute atomic E-state index is 6.18. The normalized spacial score (nSPS) is 17.0. The third-order valence-electron chi connectivity index (χ3n) is 4.43. The van der Waals surface area contributed by atoms with Crippen LogP contribution in [0.4, 0.5) is 0 Å². The summed E-state index contributed by atoms with van der Waals surface area (Å²) >= 11 is 0. The molecule has 0 aromatic heterocycles. The first kappa shape index (κ1) is 22.8. The molecule has 6 nitrogen and oxygen atoms in total. The lowest BCUT2D eigenvalue weighted by Crippen LogP contribution is -2.35. The van der Waals surface area contributed by atoms with Crippen LogP contribution in [0, 0.1) is 0 Å². The van der Waals surface area contributed by atoms with Gasteiger partial charge >= 0.3 is 0 Å². The zero-order valence-corrected chi connectivity index (χ0v) is 15.0. The van der Waals surface area contributed by atoms with Gasteiger partial charge in [0.15, 0.2) is 0 Å². The summed E-state index contributed by atoms with van der Waals surface area (Å²) < 4.78 is 0. The molecule has 0 heterocycles. The summed E-state index contributed by atoms with van der Waals surface area (Å²) in [5, 5.41) is 0. The number of hydrogen-bond acceptors (Lipinski definition) is 6. The van der Waals surface area contributed by atoms with Gasteiger partial charge in [0.2, 0.25) is 0 Å². The monoisotopic (exact) mass is 330 g/mol. The molecule has 0 aliphatic carbocycles. The first-order valence-corrected chi connectivity index (χ1v) is 9.42. The molecule has 4 unspecified atom stereocenters. The zero-order chi connectivity index (χ0) is 17.5. The highest BCUT2D eigenvalue weighted by Gasteiger charge is 2.13. The lowest BCUT2D eigenvalue weighted by Gasteiger charge is -2.21. The third kappa shape index (κ3) is 15.1. The van der Waals surface area contributed by atoms with Gasteiger partial charge in [0.25, 0.3) is 0 Å². The highest BCUT2D eigenvalue weighted by molar-refractivity contribution is 4.76. The molecule has 0 radical (unpaired) electrons. The summed E-state index contributed by atoms with van der Waals surface area (Å²) in [6, 6.07) is 0.642. The number of rotatable bonds is 16. The fourth-order valence-corrected chi connectivity index (χ4v) is 2.96. The molecular weight excluding hydrogens is 288 g/mol. The Morgan fingerprint density at radius 3 is 1.22 bits per heavy atom. The summed E-state index contributed by atoms with van der Waals surface area (Å²) in [7, 11) is 0. The van der Waals surface area contributed by atoms with Crippen LogP contribution in [0.15, 0.2) is 0 Å². The van der Waals surface area contributed by atoms with Gasteiger partial charge in [-0.15, -0.1) is 0 Å². The van der Waals surface area contributed by atoms with E-state index in [1.807, 2.05) is 0 Å².